The van der Waals surface area contributed by atoms with Crippen molar-refractivity contribution < 1.29 is 23.7 Å². The van der Waals surface area contributed by atoms with Gasteiger partial charge in [-0.15, -0.1) is 0 Å². The van der Waals surface area contributed by atoms with Crippen molar-refractivity contribution in [2.24, 2.45) is 0 Å². The molecular formula is C29H28N2O5. The fraction of sp³-hybridized carbons (Fsp3) is 0.172. The first-order valence-electron chi connectivity index (χ1n) is 11.5. The maximum Gasteiger partial charge on any atom is 0.342 e. The van der Waals surface area contributed by atoms with E-state index in [0.29, 0.717) is 39.8 Å². The predicted molar refractivity (Wildman–Crippen MR) is 140 cm³/mol. The molecule has 0 bridgehead atoms. The van der Waals surface area contributed by atoms with E-state index in [-0.39, 0.29) is 6.61 Å². The van der Waals surface area contributed by atoms with Crippen molar-refractivity contribution in [1.82, 2.24) is 9.78 Å². The number of esters is 1. The minimum Gasteiger partial charge on any atom is -0.493 e. The molecule has 0 amide bonds. The zero-order chi connectivity index (χ0) is 25.5. The van der Waals surface area contributed by atoms with Gasteiger partial charge in [-0.25, -0.2) is 9.48 Å². The maximum absolute atomic E-state index is 13.4. The van der Waals surface area contributed by atoms with Gasteiger partial charge in [-0.3, -0.25) is 0 Å². The number of methoxy groups -OCH3 is 3. The van der Waals surface area contributed by atoms with Gasteiger partial charge in [0, 0.05) is 5.56 Å². The molecule has 184 valence electrons. The average Bonchev–Trinajstić information content (AvgIpc) is 3.31. The van der Waals surface area contributed by atoms with Crippen LogP contribution in [0.2, 0.25) is 0 Å². The molecule has 7 nitrogen and oxygen atoms in total. The van der Waals surface area contributed by atoms with Gasteiger partial charge < -0.3 is 18.9 Å². The number of carbonyl (C=O) groups is 1. The van der Waals surface area contributed by atoms with Crippen LogP contribution in [-0.4, -0.2) is 43.7 Å². The standard InChI is InChI=1S/C29H28N2O5/c1-5-36-29(32)26-23(17-16-20-12-8-6-9-13-20)31(22-14-10-7-11-15-22)30-27(26)21-18-24(33-2)28(35-4)25(19-21)34-3/h6-19H,5H2,1-4H3/b17-16+. The largest absolute Gasteiger partial charge is 0.493 e. The summed E-state index contributed by atoms with van der Waals surface area (Å²) in [6.45, 7) is 2.00. The van der Waals surface area contributed by atoms with Crippen molar-refractivity contribution in [3.8, 4) is 34.2 Å². The lowest BCUT2D eigenvalue weighted by Gasteiger charge is -2.14. The molecule has 1 heterocycles. The van der Waals surface area contributed by atoms with Crippen molar-refractivity contribution in [2.45, 2.75) is 6.92 Å². The SMILES string of the molecule is CCOC(=O)c1c(-c2cc(OC)c(OC)c(OC)c2)nn(-c2ccccc2)c1/C=C/c1ccccc1. The zero-order valence-electron chi connectivity index (χ0n) is 20.7. The molecule has 0 aliphatic heterocycles. The molecule has 0 aliphatic rings. The Balaban J connectivity index is 2.01. The highest BCUT2D eigenvalue weighted by Crippen LogP contribution is 2.42. The van der Waals surface area contributed by atoms with Crippen molar-refractivity contribution in [2.75, 3.05) is 27.9 Å². The lowest BCUT2D eigenvalue weighted by atomic mass is 10.0. The van der Waals surface area contributed by atoms with Crippen LogP contribution in [0.3, 0.4) is 0 Å². The molecule has 36 heavy (non-hydrogen) atoms. The third kappa shape index (κ3) is 4.95. The Hall–Kier alpha value is -4.52. The van der Waals surface area contributed by atoms with E-state index >= 15 is 0 Å². The van der Waals surface area contributed by atoms with Gasteiger partial charge in [0.15, 0.2) is 11.5 Å². The van der Waals surface area contributed by atoms with Gasteiger partial charge in [-0.1, -0.05) is 54.6 Å². The molecule has 0 N–H and O–H groups in total. The second-order valence-electron chi connectivity index (χ2n) is 7.73. The van der Waals surface area contributed by atoms with Crippen molar-refractivity contribution in [3.05, 3.63) is 89.6 Å². The molecule has 4 aromatic rings. The monoisotopic (exact) mass is 484 g/mol. The van der Waals surface area contributed by atoms with E-state index in [1.807, 2.05) is 72.8 Å². The van der Waals surface area contributed by atoms with Crippen LogP contribution in [0.5, 0.6) is 17.2 Å². The molecular weight excluding hydrogens is 456 g/mol. The number of nitrogens with zero attached hydrogens (tertiary/aromatic N) is 2. The molecule has 0 spiro atoms. The van der Waals surface area contributed by atoms with E-state index in [2.05, 4.69) is 0 Å². The van der Waals surface area contributed by atoms with Crippen LogP contribution in [0.4, 0.5) is 0 Å². The molecule has 7 heteroatoms. The summed E-state index contributed by atoms with van der Waals surface area (Å²) in [5, 5.41) is 4.89. The zero-order valence-corrected chi connectivity index (χ0v) is 20.7. The van der Waals surface area contributed by atoms with Crippen LogP contribution >= 0.6 is 0 Å². The molecule has 0 saturated carbocycles. The quantitative estimate of drug-likeness (QED) is 0.275. The lowest BCUT2D eigenvalue weighted by molar-refractivity contribution is 0.0527. The first kappa shape index (κ1) is 24.6. The van der Waals surface area contributed by atoms with Gasteiger partial charge in [0.1, 0.15) is 11.3 Å². The molecule has 0 aliphatic carbocycles. The molecule has 4 rings (SSSR count). The number of hydrogen-bond donors (Lipinski definition) is 0. The smallest absolute Gasteiger partial charge is 0.342 e. The molecule has 0 saturated heterocycles. The lowest BCUT2D eigenvalue weighted by Crippen LogP contribution is -2.08. The first-order valence-corrected chi connectivity index (χ1v) is 11.5. The number of carbonyl (C=O) groups excluding carboxylic acids is 1. The average molecular weight is 485 g/mol. The van der Waals surface area contributed by atoms with Gasteiger partial charge >= 0.3 is 5.97 Å². The minimum atomic E-state index is -0.476. The third-order valence-corrected chi connectivity index (χ3v) is 5.57. The Morgan fingerprint density at radius 1 is 0.861 bits per heavy atom. The van der Waals surface area contributed by atoms with Gasteiger partial charge in [0.05, 0.1) is 39.3 Å². The van der Waals surface area contributed by atoms with Crippen LogP contribution in [0.25, 0.3) is 29.1 Å². The fourth-order valence-electron chi connectivity index (χ4n) is 3.91. The van der Waals surface area contributed by atoms with Crippen molar-refractivity contribution in [1.29, 1.82) is 0 Å². The van der Waals surface area contributed by atoms with E-state index < -0.39 is 5.97 Å². The summed E-state index contributed by atoms with van der Waals surface area (Å²) in [4.78, 5) is 13.4. The molecule has 3 aromatic carbocycles. The van der Waals surface area contributed by atoms with Gasteiger partial charge in [-0.05, 0) is 42.8 Å². The topological polar surface area (TPSA) is 71.8 Å². The Bertz CT molecular complexity index is 1340. The highest BCUT2D eigenvalue weighted by Gasteiger charge is 2.27. The fourth-order valence-corrected chi connectivity index (χ4v) is 3.91. The molecule has 1 aromatic heterocycles. The number of ether oxygens (including phenoxy) is 4. The van der Waals surface area contributed by atoms with Crippen molar-refractivity contribution >= 4 is 18.1 Å². The summed E-state index contributed by atoms with van der Waals surface area (Å²) < 4.78 is 23.8. The van der Waals surface area contributed by atoms with E-state index in [1.54, 1.807) is 45.1 Å². The second-order valence-corrected chi connectivity index (χ2v) is 7.73. The molecule has 0 atom stereocenters. The summed E-state index contributed by atoms with van der Waals surface area (Å²) in [5.74, 6) is 0.888. The normalized spacial score (nSPS) is 10.9. The van der Waals surface area contributed by atoms with Crippen LogP contribution in [-0.2, 0) is 4.74 Å². The van der Waals surface area contributed by atoms with E-state index in [4.69, 9.17) is 24.0 Å². The molecule has 0 unspecified atom stereocenters. The molecule has 0 radical (unpaired) electrons. The van der Waals surface area contributed by atoms with Gasteiger partial charge in [-0.2, -0.15) is 5.10 Å². The van der Waals surface area contributed by atoms with E-state index in [9.17, 15) is 4.79 Å². The van der Waals surface area contributed by atoms with Gasteiger partial charge in [0.25, 0.3) is 0 Å². The number of hydrogen-bond acceptors (Lipinski definition) is 6. The van der Waals surface area contributed by atoms with Crippen LogP contribution < -0.4 is 14.2 Å². The Kier molecular flexibility index (Phi) is 7.70. The summed E-state index contributed by atoms with van der Waals surface area (Å²) in [6, 6.07) is 23.0. The van der Waals surface area contributed by atoms with Gasteiger partial charge in [0.2, 0.25) is 5.75 Å². The summed E-state index contributed by atoms with van der Waals surface area (Å²) in [5.41, 5.74) is 3.77. The summed E-state index contributed by atoms with van der Waals surface area (Å²) in [7, 11) is 4.63. The summed E-state index contributed by atoms with van der Waals surface area (Å²) >= 11 is 0. The third-order valence-electron chi connectivity index (χ3n) is 5.57. The first-order chi connectivity index (χ1) is 17.6. The highest BCUT2D eigenvalue weighted by atomic mass is 16.5. The molecule has 0 fully saturated rings. The second kappa shape index (κ2) is 11.3. The Labute approximate surface area is 210 Å². The van der Waals surface area contributed by atoms with Crippen LogP contribution in [0.15, 0.2) is 72.8 Å². The number of para-hydroxylation sites is 1. The van der Waals surface area contributed by atoms with Crippen LogP contribution in [0, 0.1) is 0 Å². The number of benzene rings is 3. The van der Waals surface area contributed by atoms with Crippen molar-refractivity contribution in [3.63, 3.8) is 0 Å². The Morgan fingerprint density at radius 2 is 1.47 bits per heavy atom. The predicted octanol–water partition coefficient (Wildman–Crippen LogP) is 5.91. The minimum absolute atomic E-state index is 0.228. The maximum atomic E-state index is 13.4. The Morgan fingerprint density at radius 3 is 2.03 bits per heavy atom. The highest BCUT2D eigenvalue weighted by molar-refractivity contribution is 6.01. The number of aromatic nitrogens is 2. The van der Waals surface area contributed by atoms with E-state index in [0.717, 1.165) is 11.3 Å². The van der Waals surface area contributed by atoms with E-state index in [1.165, 1.54) is 0 Å². The van der Waals surface area contributed by atoms with Crippen LogP contribution in [0.1, 0.15) is 28.5 Å². The number of rotatable bonds is 9. The summed E-state index contributed by atoms with van der Waals surface area (Å²) in [6.07, 6.45) is 3.82.